The largest absolute Gasteiger partial charge is 0.342 e. The molecule has 0 saturated heterocycles. The van der Waals surface area contributed by atoms with Gasteiger partial charge in [-0.3, -0.25) is 4.79 Å². The van der Waals surface area contributed by atoms with E-state index in [1.807, 2.05) is 19.9 Å². The summed E-state index contributed by atoms with van der Waals surface area (Å²) in [4.78, 5) is 13.8. The highest BCUT2D eigenvalue weighted by atomic mass is 35.5. The maximum absolute atomic E-state index is 13.5. The molecule has 1 aromatic rings. The SMILES string of the molecule is CC(CCc1ccccc1F)C(=O)N(C)C(C)CN.Cl. The average molecular weight is 303 g/mol. The first-order chi connectivity index (χ1) is 8.97. The van der Waals surface area contributed by atoms with Crippen molar-refractivity contribution in [2.75, 3.05) is 13.6 Å². The van der Waals surface area contributed by atoms with E-state index in [9.17, 15) is 9.18 Å². The van der Waals surface area contributed by atoms with Gasteiger partial charge in [-0.1, -0.05) is 25.1 Å². The van der Waals surface area contributed by atoms with Crippen molar-refractivity contribution in [3.63, 3.8) is 0 Å². The molecular weight excluding hydrogens is 279 g/mol. The second-order valence-electron chi connectivity index (χ2n) is 5.06. The molecule has 2 unspecified atom stereocenters. The molecule has 0 aromatic heterocycles. The Morgan fingerprint density at radius 1 is 1.35 bits per heavy atom. The number of hydrogen-bond donors (Lipinski definition) is 1. The van der Waals surface area contributed by atoms with E-state index in [4.69, 9.17) is 5.73 Å². The number of hydrogen-bond acceptors (Lipinski definition) is 2. The summed E-state index contributed by atoms with van der Waals surface area (Å²) in [5.41, 5.74) is 6.22. The van der Waals surface area contributed by atoms with Gasteiger partial charge >= 0.3 is 0 Å². The van der Waals surface area contributed by atoms with E-state index < -0.39 is 0 Å². The number of amides is 1. The number of likely N-dealkylation sites (N-methyl/N-ethyl adjacent to an activating group) is 1. The summed E-state index contributed by atoms with van der Waals surface area (Å²) in [6.07, 6.45) is 1.21. The summed E-state index contributed by atoms with van der Waals surface area (Å²) in [5.74, 6) is -0.265. The Balaban J connectivity index is 0.00000361. The van der Waals surface area contributed by atoms with E-state index in [2.05, 4.69) is 0 Å². The van der Waals surface area contributed by atoms with E-state index in [0.717, 1.165) is 0 Å². The van der Waals surface area contributed by atoms with Gasteiger partial charge in [0.15, 0.2) is 0 Å². The minimum Gasteiger partial charge on any atom is -0.342 e. The molecule has 1 aromatic carbocycles. The molecule has 0 radical (unpaired) electrons. The second-order valence-corrected chi connectivity index (χ2v) is 5.06. The van der Waals surface area contributed by atoms with Gasteiger partial charge in [0.25, 0.3) is 0 Å². The van der Waals surface area contributed by atoms with Gasteiger partial charge in [-0.25, -0.2) is 4.39 Å². The van der Waals surface area contributed by atoms with Gasteiger partial charge in [-0.05, 0) is 31.4 Å². The molecule has 2 N–H and O–H groups in total. The van der Waals surface area contributed by atoms with Gasteiger partial charge in [0, 0.05) is 25.6 Å². The quantitative estimate of drug-likeness (QED) is 0.878. The van der Waals surface area contributed by atoms with Crippen LogP contribution in [0.2, 0.25) is 0 Å². The third-order valence-electron chi connectivity index (χ3n) is 3.58. The molecule has 1 rings (SSSR count). The van der Waals surface area contributed by atoms with Crippen LogP contribution in [0, 0.1) is 11.7 Å². The molecule has 5 heteroatoms. The summed E-state index contributed by atoms with van der Waals surface area (Å²) in [5, 5.41) is 0. The number of carbonyl (C=O) groups is 1. The molecule has 0 aliphatic heterocycles. The van der Waals surface area contributed by atoms with Gasteiger partial charge in [0.2, 0.25) is 5.91 Å². The van der Waals surface area contributed by atoms with Crippen LogP contribution in [0.5, 0.6) is 0 Å². The fraction of sp³-hybridized carbons (Fsp3) is 0.533. The zero-order valence-corrected chi connectivity index (χ0v) is 13.1. The third kappa shape index (κ3) is 5.10. The van der Waals surface area contributed by atoms with Gasteiger partial charge in [-0.15, -0.1) is 12.4 Å². The number of halogens is 2. The molecule has 3 nitrogen and oxygen atoms in total. The summed E-state index contributed by atoms with van der Waals surface area (Å²) < 4.78 is 13.5. The number of nitrogens with two attached hydrogens (primary N) is 1. The number of rotatable bonds is 6. The average Bonchev–Trinajstić information content (AvgIpc) is 2.43. The Labute approximate surface area is 126 Å². The lowest BCUT2D eigenvalue weighted by molar-refractivity contribution is -0.135. The van der Waals surface area contributed by atoms with Crippen LogP contribution in [-0.2, 0) is 11.2 Å². The summed E-state index contributed by atoms with van der Waals surface area (Å²) in [7, 11) is 1.76. The molecule has 0 aliphatic rings. The first-order valence-electron chi connectivity index (χ1n) is 6.67. The maximum Gasteiger partial charge on any atom is 0.225 e. The molecular formula is C15H24ClFN2O. The minimum atomic E-state index is -0.203. The van der Waals surface area contributed by atoms with Crippen molar-refractivity contribution in [2.24, 2.45) is 11.7 Å². The van der Waals surface area contributed by atoms with Crippen molar-refractivity contribution < 1.29 is 9.18 Å². The Bertz CT molecular complexity index is 428. The predicted octanol–water partition coefficient (Wildman–Crippen LogP) is 2.62. The lowest BCUT2D eigenvalue weighted by Gasteiger charge is -2.26. The monoisotopic (exact) mass is 302 g/mol. The van der Waals surface area contributed by atoms with Crippen LogP contribution in [0.25, 0.3) is 0 Å². The molecule has 1 amide bonds. The smallest absolute Gasteiger partial charge is 0.225 e. The highest BCUT2D eigenvalue weighted by Gasteiger charge is 2.20. The zero-order chi connectivity index (χ0) is 14.4. The first kappa shape index (κ1) is 18.9. The molecule has 20 heavy (non-hydrogen) atoms. The van der Waals surface area contributed by atoms with Crippen LogP contribution in [-0.4, -0.2) is 30.4 Å². The standard InChI is InChI=1S/C15H23FN2O.ClH/c1-11(15(19)18(3)12(2)10-17)8-9-13-6-4-5-7-14(13)16;/h4-7,11-12H,8-10,17H2,1-3H3;1H. The van der Waals surface area contributed by atoms with Crippen LogP contribution in [0.3, 0.4) is 0 Å². The zero-order valence-electron chi connectivity index (χ0n) is 12.3. The van der Waals surface area contributed by atoms with Gasteiger partial charge in [0.05, 0.1) is 0 Å². The molecule has 0 bridgehead atoms. The lowest BCUT2D eigenvalue weighted by atomic mass is 9.99. The van der Waals surface area contributed by atoms with Gasteiger partial charge in [-0.2, -0.15) is 0 Å². The van der Waals surface area contributed by atoms with Crippen molar-refractivity contribution >= 4 is 18.3 Å². The summed E-state index contributed by atoms with van der Waals surface area (Å²) in [6.45, 7) is 4.24. The van der Waals surface area contributed by atoms with Crippen molar-refractivity contribution in [1.82, 2.24) is 4.90 Å². The maximum atomic E-state index is 13.5. The van der Waals surface area contributed by atoms with E-state index in [1.54, 1.807) is 24.1 Å². The highest BCUT2D eigenvalue weighted by Crippen LogP contribution is 2.15. The molecule has 114 valence electrons. The van der Waals surface area contributed by atoms with E-state index >= 15 is 0 Å². The fourth-order valence-corrected chi connectivity index (χ4v) is 1.92. The van der Waals surface area contributed by atoms with Crippen molar-refractivity contribution in [1.29, 1.82) is 0 Å². The lowest BCUT2D eigenvalue weighted by Crippen LogP contribution is -2.42. The molecule has 0 heterocycles. The molecule has 0 saturated carbocycles. The number of carbonyl (C=O) groups excluding carboxylic acids is 1. The van der Waals surface area contributed by atoms with Crippen LogP contribution in [0.15, 0.2) is 24.3 Å². The third-order valence-corrected chi connectivity index (χ3v) is 3.58. The highest BCUT2D eigenvalue weighted by molar-refractivity contribution is 5.85. The van der Waals surface area contributed by atoms with Gasteiger partial charge < -0.3 is 10.6 Å². The van der Waals surface area contributed by atoms with Crippen molar-refractivity contribution in [3.8, 4) is 0 Å². The summed E-state index contributed by atoms with van der Waals surface area (Å²) >= 11 is 0. The summed E-state index contributed by atoms with van der Waals surface area (Å²) in [6, 6.07) is 6.73. The van der Waals surface area contributed by atoms with E-state index in [1.165, 1.54) is 6.07 Å². The fourth-order valence-electron chi connectivity index (χ4n) is 1.92. The normalized spacial score (nSPS) is 13.2. The Kier molecular flexibility index (Phi) is 8.42. The Morgan fingerprint density at radius 3 is 2.50 bits per heavy atom. The molecule has 0 aliphatic carbocycles. The minimum absolute atomic E-state index is 0. The Morgan fingerprint density at radius 2 is 1.95 bits per heavy atom. The van der Waals surface area contributed by atoms with Crippen LogP contribution in [0.1, 0.15) is 25.8 Å². The van der Waals surface area contributed by atoms with Crippen LogP contribution in [0.4, 0.5) is 4.39 Å². The first-order valence-corrected chi connectivity index (χ1v) is 6.67. The Hall–Kier alpha value is -1.13. The number of nitrogens with zero attached hydrogens (tertiary/aromatic N) is 1. The van der Waals surface area contributed by atoms with E-state index in [0.29, 0.717) is 24.9 Å². The molecule has 0 fully saturated rings. The predicted molar refractivity (Wildman–Crippen MR) is 82.4 cm³/mol. The van der Waals surface area contributed by atoms with Gasteiger partial charge in [0.1, 0.15) is 5.82 Å². The number of benzene rings is 1. The topological polar surface area (TPSA) is 46.3 Å². The van der Waals surface area contributed by atoms with E-state index in [-0.39, 0.29) is 36.1 Å². The number of aryl methyl sites for hydroxylation is 1. The van der Waals surface area contributed by atoms with Crippen molar-refractivity contribution in [3.05, 3.63) is 35.6 Å². The molecule has 2 atom stereocenters. The molecule has 0 spiro atoms. The van der Waals surface area contributed by atoms with Crippen molar-refractivity contribution in [2.45, 2.75) is 32.7 Å². The van der Waals surface area contributed by atoms with Crippen LogP contribution < -0.4 is 5.73 Å². The second kappa shape index (κ2) is 8.93. The van der Waals surface area contributed by atoms with Crippen LogP contribution >= 0.6 is 12.4 Å².